The maximum atomic E-state index is 5.43. The van der Waals surface area contributed by atoms with E-state index in [2.05, 4.69) is 174 Å². The van der Waals surface area contributed by atoms with Crippen LogP contribution in [0.3, 0.4) is 0 Å². The number of aryl methyl sites for hydroxylation is 4. The first kappa shape index (κ1) is 40.6. The van der Waals surface area contributed by atoms with E-state index in [0.717, 1.165) is 31.2 Å². The summed E-state index contributed by atoms with van der Waals surface area (Å²) in [7, 11) is 0. The molecule has 0 saturated carbocycles. The summed E-state index contributed by atoms with van der Waals surface area (Å²) in [6.07, 6.45) is 3.87. The van der Waals surface area contributed by atoms with Gasteiger partial charge in [-0.3, -0.25) is 4.98 Å². The van der Waals surface area contributed by atoms with Gasteiger partial charge in [-0.1, -0.05) is 140 Å². The minimum atomic E-state index is 0. The third-order valence-corrected chi connectivity index (χ3v) is 11.6. The second-order valence-corrected chi connectivity index (χ2v) is 16.9. The number of hydrogen-bond donors (Lipinski definition) is 1. The summed E-state index contributed by atoms with van der Waals surface area (Å²) < 4.78 is 0. The van der Waals surface area contributed by atoms with E-state index in [9.17, 15) is 0 Å². The van der Waals surface area contributed by atoms with Crippen LogP contribution in [0.4, 0.5) is 22.7 Å². The van der Waals surface area contributed by atoms with Crippen LogP contribution in [0.15, 0.2) is 109 Å². The molecule has 7 aromatic rings. The molecule has 0 aliphatic carbocycles. The Bertz CT molecular complexity index is 2400. The van der Waals surface area contributed by atoms with Gasteiger partial charge in [0.1, 0.15) is 0 Å². The van der Waals surface area contributed by atoms with Crippen molar-refractivity contribution in [1.82, 2.24) is 9.97 Å². The monoisotopic (exact) mass is 933 g/mol. The Kier molecular flexibility index (Phi) is 12.2. The molecule has 9 rings (SSSR count). The molecule has 0 amide bonds. The van der Waals surface area contributed by atoms with Crippen molar-refractivity contribution in [3.05, 3.63) is 167 Å². The Morgan fingerprint density at radius 3 is 1.72 bits per heavy atom. The fourth-order valence-corrected chi connectivity index (χ4v) is 8.75. The van der Waals surface area contributed by atoms with Gasteiger partial charge >= 0.3 is 0 Å². The molecular weight excluding hydrogens is 878 g/mol. The van der Waals surface area contributed by atoms with E-state index in [1.807, 2.05) is 18.2 Å². The molecule has 1 radical (unpaired) electrons. The fraction of sp³-hybridized carbons (Fsp3) is 0.308. The van der Waals surface area contributed by atoms with E-state index in [4.69, 9.17) is 4.98 Å². The predicted octanol–water partition coefficient (Wildman–Crippen LogP) is 14.0. The molecule has 57 heavy (non-hydrogen) atoms. The number of aromatic amines is 1. The molecule has 4 bridgehead atoms. The molecule has 297 valence electrons. The molecule has 5 heteroatoms. The van der Waals surface area contributed by atoms with Crippen molar-refractivity contribution in [2.75, 3.05) is 9.80 Å². The van der Waals surface area contributed by atoms with E-state index in [0.29, 0.717) is 23.7 Å². The van der Waals surface area contributed by atoms with Crippen LogP contribution >= 0.6 is 0 Å². The second kappa shape index (κ2) is 17.1. The number of nitrogens with zero attached hydrogens (tertiary/aromatic N) is 3. The van der Waals surface area contributed by atoms with Crippen molar-refractivity contribution >= 4 is 44.6 Å². The average Bonchev–Trinajstić information content (AvgIpc) is 3.77. The molecule has 0 spiro atoms. The van der Waals surface area contributed by atoms with Crippen molar-refractivity contribution < 1.29 is 22.4 Å². The SMILES string of the molecule is CC(C)c1cccc(C(C)C)c1N1[CH-]N(c2c(C(C)C)cccc2C(C)C)c2c1cc1nc2CCc2cccc(c2)CC1.[Au].[c-]1cccc2c1[nH]c1ccccc12. The van der Waals surface area contributed by atoms with E-state index >= 15 is 0 Å². The zero-order chi connectivity index (χ0) is 39.1. The van der Waals surface area contributed by atoms with Crippen LogP contribution in [0.5, 0.6) is 0 Å². The van der Waals surface area contributed by atoms with Gasteiger partial charge in [0.2, 0.25) is 0 Å². The number of pyridine rings is 1. The average molecular weight is 934 g/mol. The molecule has 2 aliphatic rings. The van der Waals surface area contributed by atoms with Crippen LogP contribution in [0.1, 0.15) is 124 Å². The van der Waals surface area contributed by atoms with Gasteiger partial charge in [0.15, 0.2) is 0 Å². The van der Waals surface area contributed by atoms with E-state index in [-0.39, 0.29) is 22.4 Å². The van der Waals surface area contributed by atoms with Crippen molar-refractivity contribution in [3.63, 3.8) is 0 Å². The maximum Gasteiger partial charge on any atom is 0.0642 e. The normalized spacial score (nSPS) is 13.7. The number of H-pyrrole nitrogens is 1. The number of fused-ring (bicyclic) bond motifs is 9. The van der Waals surface area contributed by atoms with Crippen LogP contribution in [0.25, 0.3) is 21.8 Å². The number of anilines is 4. The zero-order valence-electron chi connectivity index (χ0n) is 34.8. The quantitative estimate of drug-likeness (QED) is 0.133. The summed E-state index contributed by atoms with van der Waals surface area (Å²) >= 11 is 0. The summed E-state index contributed by atoms with van der Waals surface area (Å²) in [6, 6.07) is 42.9. The zero-order valence-corrected chi connectivity index (χ0v) is 36.9. The van der Waals surface area contributed by atoms with Crippen LogP contribution in [-0.2, 0) is 48.1 Å². The summed E-state index contributed by atoms with van der Waals surface area (Å²) in [5, 5.41) is 2.52. The van der Waals surface area contributed by atoms with Crippen molar-refractivity contribution in [3.8, 4) is 0 Å². The standard InChI is InChI=1S/C40H48N3.C12H8N.Au/c1-25(2)32-14-10-15-33(26(3)4)38(32)42-24-43(39-34(27(5)6)16-11-17-35(39)28(7)8)40-36-21-19-30-13-9-12-29(22-30)18-20-31(41-36)23-37(40)42;1-3-7-11-9(5-1)10-6-2-4-8-12(10)13-11;/h9-17,22-28H,18-21H2,1-8H3;1-7,13H;/q2*-1;. The van der Waals surface area contributed by atoms with Crippen molar-refractivity contribution in [1.29, 1.82) is 0 Å². The molecule has 0 fully saturated rings. The maximum absolute atomic E-state index is 5.43. The van der Waals surface area contributed by atoms with Gasteiger partial charge in [0, 0.05) is 50.7 Å². The summed E-state index contributed by atoms with van der Waals surface area (Å²) in [4.78, 5) is 13.8. The molecule has 4 nitrogen and oxygen atoms in total. The van der Waals surface area contributed by atoms with Gasteiger partial charge < -0.3 is 14.8 Å². The van der Waals surface area contributed by atoms with E-state index < -0.39 is 0 Å². The van der Waals surface area contributed by atoms with Gasteiger partial charge in [-0.05, 0) is 100 Å². The number of benzene rings is 5. The summed E-state index contributed by atoms with van der Waals surface area (Å²) in [6.45, 7) is 21.0. The van der Waals surface area contributed by atoms with Crippen LogP contribution < -0.4 is 9.80 Å². The largest absolute Gasteiger partial charge is 0.473 e. The topological polar surface area (TPSA) is 35.2 Å². The van der Waals surface area contributed by atoms with Crippen LogP contribution in [-0.4, -0.2) is 9.97 Å². The number of aromatic nitrogens is 2. The van der Waals surface area contributed by atoms with Gasteiger partial charge in [-0.15, -0.1) is 12.1 Å². The molecule has 5 aromatic carbocycles. The number of para-hydroxylation sites is 4. The molecule has 1 N–H and O–H groups in total. The van der Waals surface area contributed by atoms with Crippen LogP contribution in [0.2, 0.25) is 0 Å². The summed E-state index contributed by atoms with van der Waals surface area (Å²) in [5.74, 6) is 1.62. The Hall–Kier alpha value is -4.61. The first-order valence-corrected chi connectivity index (χ1v) is 20.8. The third kappa shape index (κ3) is 7.97. The Balaban J connectivity index is 0.000000297. The predicted molar refractivity (Wildman–Crippen MR) is 238 cm³/mol. The molecule has 0 saturated heterocycles. The minimum Gasteiger partial charge on any atom is -0.473 e. The Morgan fingerprint density at radius 2 is 1.11 bits per heavy atom. The first-order chi connectivity index (χ1) is 27.1. The minimum absolute atomic E-state index is 0. The van der Waals surface area contributed by atoms with Crippen molar-refractivity contribution in [2.24, 2.45) is 0 Å². The number of hydrogen-bond acceptors (Lipinski definition) is 3. The molecule has 0 unspecified atom stereocenters. The second-order valence-electron chi connectivity index (χ2n) is 16.9. The fourth-order valence-electron chi connectivity index (χ4n) is 8.75. The van der Waals surface area contributed by atoms with Gasteiger partial charge in [-0.25, -0.2) is 0 Å². The molecule has 2 aromatic heterocycles. The van der Waals surface area contributed by atoms with Gasteiger partial charge in [-0.2, -0.15) is 24.3 Å². The van der Waals surface area contributed by atoms with Crippen LogP contribution in [0, 0.1) is 12.7 Å². The Labute approximate surface area is 356 Å². The third-order valence-electron chi connectivity index (χ3n) is 11.6. The number of rotatable bonds is 6. The van der Waals surface area contributed by atoms with E-state index in [1.54, 1.807) is 0 Å². The molecule has 4 heterocycles. The Morgan fingerprint density at radius 1 is 0.561 bits per heavy atom. The first-order valence-electron chi connectivity index (χ1n) is 20.8. The molecule has 0 atom stereocenters. The smallest absolute Gasteiger partial charge is 0.0642 e. The van der Waals surface area contributed by atoms with Crippen molar-refractivity contribution in [2.45, 2.75) is 105 Å². The summed E-state index contributed by atoms with van der Waals surface area (Å²) in [5.41, 5.74) is 18.2. The van der Waals surface area contributed by atoms with E-state index in [1.165, 1.54) is 83.8 Å². The van der Waals surface area contributed by atoms with Gasteiger partial charge in [0.25, 0.3) is 0 Å². The van der Waals surface area contributed by atoms with Gasteiger partial charge in [0.05, 0.1) is 11.4 Å². The molecular formula is C52H56AuN4-2. The number of nitrogens with one attached hydrogen (secondary N) is 1. The molecule has 2 aliphatic heterocycles.